The van der Waals surface area contributed by atoms with Gasteiger partial charge in [-0.1, -0.05) is 6.07 Å². The van der Waals surface area contributed by atoms with Gasteiger partial charge < -0.3 is 11.7 Å². The average molecular weight is 163 g/mol. The standard InChI is InChI=1S/C7H9N5/c8-10-4-6-2-1-3-7(12-6)5-11-9/h1-5H,8-9H2/b10-4+,11-5+. The summed E-state index contributed by atoms with van der Waals surface area (Å²) >= 11 is 0. The fraction of sp³-hybridized carbons (Fsp3) is 0. The van der Waals surface area contributed by atoms with Crippen molar-refractivity contribution in [3.63, 3.8) is 0 Å². The van der Waals surface area contributed by atoms with E-state index in [0.717, 1.165) is 0 Å². The van der Waals surface area contributed by atoms with E-state index in [4.69, 9.17) is 11.7 Å². The molecule has 4 N–H and O–H groups in total. The quantitative estimate of drug-likeness (QED) is 0.355. The highest BCUT2D eigenvalue weighted by Gasteiger charge is 1.90. The van der Waals surface area contributed by atoms with Gasteiger partial charge in [0, 0.05) is 0 Å². The molecule has 0 amide bonds. The molecule has 0 saturated heterocycles. The Hall–Kier alpha value is -1.91. The summed E-state index contributed by atoms with van der Waals surface area (Å²) in [7, 11) is 0. The first-order valence-electron chi connectivity index (χ1n) is 3.30. The van der Waals surface area contributed by atoms with Crippen LogP contribution in [-0.2, 0) is 0 Å². The molecule has 0 aliphatic rings. The minimum atomic E-state index is 0.676. The lowest BCUT2D eigenvalue weighted by molar-refractivity contribution is 1.21. The zero-order valence-electron chi connectivity index (χ0n) is 6.38. The number of hydrazone groups is 2. The molecule has 0 unspecified atom stereocenters. The van der Waals surface area contributed by atoms with Crippen molar-refractivity contribution in [1.29, 1.82) is 0 Å². The average Bonchev–Trinajstić information content (AvgIpc) is 2.06. The molecule has 5 heteroatoms. The van der Waals surface area contributed by atoms with E-state index in [-0.39, 0.29) is 0 Å². The highest BCUT2D eigenvalue weighted by Crippen LogP contribution is 1.93. The SMILES string of the molecule is N/N=C/c1cccc(/C=N/N)n1. The highest BCUT2D eigenvalue weighted by atomic mass is 15.1. The number of pyridine rings is 1. The summed E-state index contributed by atoms with van der Waals surface area (Å²) in [5.74, 6) is 9.91. The third-order valence-electron chi connectivity index (χ3n) is 1.21. The number of nitrogens with zero attached hydrogens (tertiary/aromatic N) is 3. The van der Waals surface area contributed by atoms with Gasteiger partial charge >= 0.3 is 0 Å². The van der Waals surface area contributed by atoms with Gasteiger partial charge in [0.05, 0.1) is 23.8 Å². The van der Waals surface area contributed by atoms with Crippen LogP contribution in [0.15, 0.2) is 28.4 Å². The first-order valence-corrected chi connectivity index (χ1v) is 3.30. The van der Waals surface area contributed by atoms with Crippen LogP contribution in [0, 0.1) is 0 Å². The highest BCUT2D eigenvalue weighted by molar-refractivity contribution is 5.81. The van der Waals surface area contributed by atoms with Gasteiger partial charge in [0.2, 0.25) is 0 Å². The predicted octanol–water partition coefficient (Wildman–Crippen LogP) is -0.333. The molecule has 0 spiro atoms. The van der Waals surface area contributed by atoms with E-state index in [2.05, 4.69) is 15.2 Å². The summed E-state index contributed by atoms with van der Waals surface area (Å²) in [6, 6.07) is 5.38. The zero-order chi connectivity index (χ0) is 8.81. The second kappa shape index (κ2) is 4.07. The lowest BCUT2D eigenvalue weighted by Crippen LogP contribution is -1.95. The summed E-state index contributed by atoms with van der Waals surface area (Å²) in [4.78, 5) is 4.09. The van der Waals surface area contributed by atoms with Gasteiger partial charge in [-0.2, -0.15) is 10.2 Å². The van der Waals surface area contributed by atoms with Crippen molar-refractivity contribution in [1.82, 2.24) is 4.98 Å². The Labute approximate surface area is 69.8 Å². The summed E-state index contributed by atoms with van der Waals surface area (Å²) in [6.45, 7) is 0. The van der Waals surface area contributed by atoms with Crippen LogP contribution in [0.4, 0.5) is 0 Å². The minimum Gasteiger partial charge on any atom is -0.323 e. The number of hydrogen-bond acceptors (Lipinski definition) is 5. The molecule has 0 atom stereocenters. The lowest BCUT2D eigenvalue weighted by atomic mass is 10.3. The number of hydrogen-bond donors (Lipinski definition) is 2. The van der Waals surface area contributed by atoms with Crippen molar-refractivity contribution < 1.29 is 0 Å². The fourth-order valence-corrected chi connectivity index (χ4v) is 0.765. The van der Waals surface area contributed by atoms with Crippen molar-refractivity contribution in [2.45, 2.75) is 0 Å². The number of nitrogens with two attached hydrogens (primary N) is 2. The molecule has 0 aromatic carbocycles. The van der Waals surface area contributed by atoms with Crippen LogP contribution in [0.25, 0.3) is 0 Å². The lowest BCUT2D eigenvalue weighted by Gasteiger charge is -1.92. The molecule has 1 rings (SSSR count). The second-order valence-corrected chi connectivity index (χ2v) is 2.04. The first kappa shape index (κ1) is 8.19. The molecule has 0 aliphatic carbocycles. The van der Waals surface area contributed by atoms with Gasteiger partial charge in [0.15, 0.2) is 0 Å². The van der Waals surface area contributed by atoms with E-state index in [9.17, 15) is 0 Å². The summed E-state index contributed by atoms with van der Waals surface area (Å²) in [5.41, 5.74) is 1.35. The normalized spacial score (nSPS) is 11.3. The van der Waals surface area contributed by atoms with Crippen molar-refractivity contribution >= 4 is 12.4 Å². The maximum absolute atomic E-state index is 4.96. The number of rotatable bonds is 2. The van der Waals surface area contributed by atoms with Crippen LogP contribution in [-0.4, -0.2) is 17.4 Å². The molecule has 0 saturated carbocycles. The van der Waals surface area contributed by atoms with Gasteiger partial charge in [0.1, 0.15) is 0 Å². The fourth-order valence-electron chi connectivity index (χ4n) is 0.765. The zero-order valence-corrected chi connectivity index (χ0v) is 6.38. The molecule has 5 nitrogen and oxygen atoms in total. The summed E-state index contributed by atoms with van der Waals surface area (Å²) in [5, 5.41) is 6.69. The van der Waals surface area contributed by atoms with E-state index >= 15 is 0 Å². The Morgan fingerprint density at radius 2 is 1.58 bits per heavy atom. The molecular weight excluding hydrogens is 154 g/mol. The van der Waals surface area contributed by atoms with Gasteiger partial charge in [-0.25, -0.2) is 4.98 Å². The first-order chi connectivity index (χ1) is 5.86. The number of aromatic nitrogens is 1. The molecule has 0 fully saturated rings. The monoisotopic (exact) mass is 163 g/mol. The van der Waals surface area contributed by atoms with Gasteiger partial charge in [-0.05, 0) is 12.1 Å². The van der Waals surface area contributed by atoms with E-state index in [1.165, 1.54) is 12.4 Å². The minimum absolute atomic E-state index is 0.676. The Morgan fingerprint density at radius 3 is 2.00 bits per heavy atom. The predicted molar refractivity (Wildman–Crippen MR) is 47.8 cm³/mol. The van der Waals surface area contributed by atoms with Crippen molar-refractivity contribution in [3.8, 4) is 0 Å². The molecule has 0 aliphatic heterocycles. The molecule has 12 heavy (non-hydrogen) atoms. The van der Waals surface area contributed by atoms with Gasteiger partial charge in [-0.15, -0.1) is 0 Å². The summed E-state index contributed by atoms with van der Waals surface area (Å²) < 4.78 is 0. The summed E-state index contributed by atoms with van der Waals surface area (Å²) in [6.07, 6.45) is 2.90. The van der Waals surface area contributed by atoms with E-state index < -0.39 is 0 Å². The topological polar surface area (TPSA) is 89.6 Å². The molecule has 1 aromatic rings. The Kier molecular flexibility index (Phi) is 2.78. The molecule has 0 radical (unpaired) electrons. The van der Waals surface area contributed by atoms with Crippen LogP contribution in [0.5, 0.6) is 0 Å². The smallest absolute Gasteiger partial charge is 0.0838 e. The third-order valence-corrected chi connectivity index (χ3v) is 1.21. The Morgan fingerprint density at radius 1 is 1.08 bits per heavy atom. The van der Waals surface area contributed by atoms with E-state index in [1.807, 2.05) is 6.07 Å². The van der Waals surface area contributed by atoms with Gasteiger partial charge in [-0.3, -0.25) is 0 Å². The maximum Gasteiger partial charge on any atom is 0.0838 e. The molecule has 0 bridgehead atoms. The Balaban J connectivity index is 2.95. The van der Waals surface area contributed by atoms with Crippen molar-refractivity contribution in [2.24, 2.45) is 21.9 Å². The molecular formula is C7H9N5. The molecule has 62 valence electrons. The molecule has 1 aromatic heterocycles. The van der Waals surface area contributed by atoms with Gasteiger partial charge in [0.25, 0.3) is 0 Å². The van der Waals surface area contributed by atoms with E-state index in [0.29, 0.717) is 11.4 Å². The van der Waals surface area contributed by atoms with Crippen molar-refractivity contribution in [2.75, 3.05) is 0 Å². The largest absolute Gasteiger partial charge is 0.323 e. The van der Waals surface area contributed by atoms with E-state index in [1.54, 1.807) is 12.1 Å². The van der Waals surface area contributed by atoms with Crippen LogP contribution >= 0.6 is 0 Å². The second-order valence-electron chi connectivity index (χ2n) is 2.04. The molecule has 1 heterocycles. The maximum atomic E-state index is 4.96. The van der Waals surface area contributed by atoms with Crippen LogP contribution in [0.1, 0.15) is 11.4 Å². The van der Waals surface area contributed by atoms with Crippen LogP contribution in [0.2, 0.25) is 0 Å². The Bertz CT molecular complexity index is 277. The van der Waals surface area contributed by atoms with Crippen molar-refractivity contribution in [3.05, 3.63) is 29.6 Å². The van der Waals surface area contributed by atoms with Crippen LogP contribution < -0.4 is 11.7 Å². The third kappa shape index (κ3) is 2.05. The van der Waals surface area contributed by atoms with Crippen LogP contribution in [0.3, 0.4) is 0 Å².